The largest absolute Gasteiger partial charge is 0.416 e. The molecule has 28 heavy (non-hydrogen) atoms. The molecule has 0 saturated heterocycles. The summed E-state index contributed by atoms with van der Waals surface area (Å²) in [7, 11) is 3.94. The SMILES string of the molecule is CCn1c(SCc2cccc(C(F)(F)F)c2)nnc1-c1cccc(N(C)C)c1. The molecule has 0 aliphatic heterocycles. The Morgan fingerprint density at radius 3 is 2.46 bits per heavy atom. The van der Waals surface area contributed by atoms with E-state index in [2.05, 4.69) is 10.2 Å². The minimum atomic E-state index is -4.34. The van der Waals surface area contributed by atoms with Gasteiger partial charge in [-0.05, 0) is 30.7 Å². The number of hydrogen-bond acceptors (Lipinski definition) is 4. The van der Waals surface area contributed by atoms with E-state index in [1.165, 1.54) is 23.9 Å². The topological polar surface area (TPSA) is 34.0 Å². The molecular formula is C20H21F3N4S. The van der Waals surface area contributed by atoms with Gasteiger partial charge in [0, 0.05) is 37.6 Å². The first-order valence-electron chi connectivity index (χ1n) is 8.79. The monoisotopic (exact) mass is 406 g/mol. The van der Waals surface area contributed by atoms with Crippen molar-refractivity contribution in [1.82, 2.24) is 14.8 Å². The Balaban J connectivity index is 1.82. The van der Waals surface area contributed by atoms with Gasteiger partial charge in [0.2, 0.25) is 0 Å². The van der Waals surface area contributed by atoms with Crippen molar-refractivity contribution in [3.63, 3.8) is 0 Å². The van der Waals surface area contributed by atoms with Crippen molar-refractivity contribution in [1.29, 1.82) is 0 Å². The highest BCUT2D eigenvalue weighted by molar-refractivity contribution is 7.98. The molecule has 0 amide bonds. The van der Waals surface area contributed by atoms with Gasteiger partial charge in [0.05, 0.1) is 5.56 Å². The van der Waals surface area contributed by atoms with Crippen LogP contribution in [0, 0.1) is 0 Å². The number of rotatable bonds is 6. The molecule has 2 aromatic carbocycles. The predicted molar refractivity (Wildman–Crippen MR) is 106 cm³/mol. The fraction of sp³-hybridized carbons (Fsp3) is 0.300. The van der Waals surface area contributed by atoms with Crippen molar-refractivity contribution in [2.24, 2.45) is 0 Å². The average Bonchev–Trinajstić information content (AvgIpc) is 3.09. The first-order chi connectivity index (χ1) is 13.3. The molecule has 0 radical (unpaired) electrons. The zero-order chi connectivity index (χ0) is 20.3. The summed E-state index contributed by atoms with van der Waals surface area (Å²) in [5, 5.41) is 9.27. The Labute approximate surface area is 166 Å². The van der Waals surface area contributed by atoms with E-state index in [0.29, 0.717) is 23.0 Å². The van der Waals surface area contributed by atoms with Crippen LogP contribution in [0.2, 0.25) is 0 Å². The summed E-state index contributed by atoms with van der Waals surface area (Å²) in [5.41, 5.74) is 1.97. The molecule has 3 aromatic rings. The molecule has 148 valence electrons. The molecule has 3 rings (SSSR count). The number of aromatic nitrogens is 3. The van der Waals surface area contributed by atoms with Crippen molar-refractivity contribution in [2.45, 2.75) is 30.6 Å². The van der Waals surface area contributed by atoms with E-state index in [-0.39, 0.29) is 0 Å². The minimum absolute atomic E-state index is 0.389. The molecule has 4 nitrogen and oxygen atoms in total. The lowest BCUT2D eigenvalue weighted by atomic mass is 10.1. The van der Waals surface area contributed by atoms with Gasteiger partial charge in [-0.1, -0.05) is 42.1 Å². The molecule has 1 aromatic heterocycles. The molecule has 0 atom stereocenters. The number of nitrogens with zero attached hydrogens (tertiary/aromatic N) is 4. The Morgan fingerprint density at radius 1 is 1.04 bits per heavy atom. The predicted octanol–water partition coefficient (Wildman–Crippen LogP) is 5.34. The summed E-state index contributed by atoms with van der Waals surface area (Å²) >= 11 is 1.38. The van der Waals surface area contributed by atoms with Crippen molar-refractivity contribution >= 4 is 17.4 Å². The normalized spacial score (nSPS) is 11.6. The molecule has 0 fully saturated rings. The van der Waals surface area contributed by atoms with Crippen LogP contribution in [0.3, 0.4) is 0 Å². The molecule has 0 saturated carbocycles. The molecule has 1 heterocycles. The maximum atomic E-state index is 12.9. The number of alkyl halides is 3. The standard InChI is InChI=1S/C20H21F3N4S/c1-4-27-18(15-8-6-10-17(12-15)26(2)3)24-25-19(27)28-13-14-7-5-9-16(11-14)20(21,22)23/h5-12H,4,13H2,1-3H3. The molecule has 0 unspecified atom stereocenters. The van der Waals surface area contributed by atoms with Crippen LogP contribution >= 0.6 is 11.8 Å². The molecule has 8 heteroatoms. The third-order valence-electron chi connectivity index (χ3n) is 4.28. The summed E-state index contributed by atoms with van der Waals surface area (Å²) in [6, 6.07) is 13.4. The third-order valence-corrected chi connectivity index (χ3v) is 5.31. The van der Waals surface area contributed by atoms with Crippen molar-refractivity contribution in [3.05, 3.63) is 59.7 Å². The number of anilines is 1. The van der Waals surface area contributed by atoms with E-state index >= 15 is 0 Å². The highest BCUT2D eigenvalue weighted by Gasteiger charge is 2.30. The molecule has 0 aliphatic rings. The Kier molecular flexibility index (Phi) is 5.98. The zero-order valence-corrected chi connectivity index (χ0v) is 16.7. The summed E-state index contributed by atoms with van der Waals surface area (Å²) in [6.45, 7) is 2.66. The number of halogens is 3. The van der Waals surface area contributed by atoms with Gasteiger partial charge in [0.15, 0.2) is 11.0 Å². The maximum Gasteiger partial charge on any atom is 0.416 e. The lowest BCUT2D eigenvalue weighted by Crippen LogP contribution is -2.08. The molecule has 0 spiro atoms. The Hall–Kier alpha value is -2.48. The van der Waals surface area contributed by atoms with Gasteiger partial charge in [0.1, 0.15) is 0 Å². The fourth-order valence-corrected chi connectivity index (χ4v) is 3.75. The lowest BCUT2D eigenvalue weighted by molar-refractivity contribution is -0.137. The summed E-state index contributed by atoms with van der Waals surface area (Å²) in [4.78, 5) is 2.01. The highest BCUT2D eigenvalue weighted by Crippen LogP contribution is 2.32. The van der Waals surface area contributed by atoms with Crippen molar-refractivity contribution in [3.8, 4) is 11.4 Å². The van der Waals surface area contributed by atoms with Gasteiger partial charge in [-0.25, -0.2) is 0 Å². The van der Waals surface area contributed by atoms with Gasteiger partial charge >= 0.3 is 6.18 Å². The van der Waals surface area contributed by atoms with Crippen LogP contribution < -0.4 is 4.90 Å². The van der Waals surface area contributed by atoms with Crippen LogP contribution in [0.1, 0.15) is 18.1 Å². The van der Waals surface area contributed by atoms with Gasteiger partial charge in [-0.15, -0.1) is 10.2 Å². The first kappa shape index (κ1) is 20.3. The molecule has 0 N–H and O–H groups in total. The van der Waals surface area contributed by atoms with Crippen LogP contribution in [0.4, 0.5) is 18.9 Å². The summed E-state index contributed by atoms with van der Waals surface area (Å²) in [6.07, 6.45) is -4.34. The highest BCUT2D eigenvalue weighted by atomic mass is 32.2. The van der Waals surface area contributed by atoms with E-state index in [0.717, 1.165) is 23.1 Å². The number of hydrogen-bond donors (Lipinski definition) is 0. The lowest BCUT2D eigenvalue weighted by Gasteiger charge is -2.14. The zero-order valence-electron chi connectivity index (χ0n) is 15.9. The average molecular weight is 406 g/mol. The maximum absolute atomic E-state index is 12.9. The Morgan fingerprint density at radius 2 is 1.79 bits per heavy atom. The Bertz CT molecular complexity index is 951. The second kappa shape index (κ2) is 8.26. The minimum Gasteiger partial charge on any atom is -0.378 e. The summed E-state index contributed by atoms with van der Waals surface area (Å²) < 4.78 is 40.7. The van der Waals surface area contributed by atoms with Gasteiger partial charge in [-0.2, -0.15) is 13.2 Å². The second-order valence-corrected chi connectivity index (χ2v) is 7.42. The van der Waals surface area contributed by atoms with Crippen LogP contribution in [0.15, 0.2) is 53.7 Å². The van der Waals surface area contributed by atoms with Crippen LogP contribution in [0.25, 0.3) is 11.4 Å². The van der Waals surface area contributed by atoms with Gasteiger partial charge in [0.25, 0.3) is 0 Å². The molecular weight excluding hydrogens is 385 g/mol. The van der Waals surface area contributed by atoms with E-state index in [1.807, 2.05) is 54.8 Å². The molecule has 0 aliphatic carbocycles. The van der Waals surface area contributed by atoms with Gasteiger partial charge in [-0.3, -0.25) is 0 Å². The van der Waals surface area contributed by atoms with Crippen molar-refractivity contribution < 1.29 is 13.2 Å². The molecule has 0 bridgehead atoms. The second-order valence-electron chi connectivity index (χ2n) is 6.48. The van der Waals surface area contributed by atoms with Crippen molar-refractivity contribution in [2.75, 3.05) is 19.0 Å². The fourth-order valence-electron chi connectivity index (χ4n) is 2.80. The van der Waals surface area contributed by atoms with Gasteiger partial charge < -0.3 is 9.47 Å². The van der Waals surface area contributed by atoms with Crippen LogP contribution in [-0.2, 0) is 18.5 Å². The number of benzene rings is 2. The van der Waals surface area contributed by atoms with E-state index in [4.69, 9.17) is 0 Å². The van der Waals surface area contributed by atoms with E-state index in [1.54, 1.807) is 6.07 Å². The number of thioether (sulfide) groups is 1. The quantitative estimate of drug-likeness (QED) is 0.518. The van der Waals surface area contributed by atoms with E-state index < -0.39 is 11.7 Å². The van der Waals surface area contributed by atoms with Crippen LogP contribution in [-0.4, -0.2) is 28.9 Å². The summed E-state index contributed by atoms with van der Waals surface area (Å²) in [5.74, 6) is 1.14. The smallest absolute Gasteiger partial charge is 0.378 e. The first-order valence-corrected chi connectivity index (χ1v) is 9.78. The van der Waals surface area contributed by atoms with Crippen LogP contribution in [0.5, 0.6) is 0 Å². The third kappa shape index (κ3) is 4.49. The van der Waals surface area contributed by atoms with E-state index in [9.17, 15) is 13.2 Å².